The zero-order valence-electron chi connectivity index (χ0n) is 11.6. The normalized spacial score (nSPS) is 13.1. The van der Waals surface area contributed by atoms with Gasteiger partial charge in [-0.2, -0.15) is 0 Å². The van der Waals surface area contributed by atoms with E-state index in [-0.39, 0.29) is 17.6 Å². The Morgan fingerprint density at radius 1 is 1.17 bits per heavy atom. The average molecular weight is 265 g/mol. The van der Waals surface area contributed by atoms with E-state index in [2.05, 4.69) is 13.8 Å². The fraction of sp³-hybridized carbons (Fsp3) is 0.533. The summed E-state index contributed by atoms with van der Waals surface area (Å²) in [5, 5.41) is 0.555. The van der Waals surface area contributed by atoms with Crippen LogP contribution in [0.4, 0.5) is 0 Å². The number of ketones is 1. The second-order valence-electron chi connectivity index (χ2n) is 5.14. The van der Waals surface area contributed by atoms with Gasteiger partial charge >= 0.3 is 0 Å². The van der Waals surface area contributed by atoms with Crippen LogP contribution in [-0.4, -0.2) is 17.6 Å². The molecule has 0 aliphatic rings. The minimum absolute atomic E-state index is 0.0754. The van der Waals surface area contributed by atoms with Gasteiger partial charge in [-0.25, -0.2) is 0 Å². The zero-order chi connectivity index (χ0) is 13.7. The Kier molecular flexibility index (Phi) is 5.89. The minimum Gasteiger partial charge on any atom is -0.330 e. The lowest BCUT2D eigenvalue weighted by atomic mass is 9.88. The third kappa shape index (κ3) is 4.14. The molecule has 0 bridgehead atoms. The summed E-state index contributed by atoms with van der Waals surface area (Å²) >= 11 is 1.80. The van der Waals surface area contributed by atoms with Crippen molar-refractivity contribution < 1.29 is 4.79 Å². The van der Waals surface area contributed by atoms with Gasteiger partial charge in [-0.15, -0.1) is 11.8 Å². The maximum absolute atomic E-state index is 12.3. The largest absolute Gasteiger partial charge is 0.330 e. The monoisotopic (exact) mass is 265 g/mol. The number of rotatable bonds is 6. The first-order chi connectivity index (χ1) is 8.45. The van der Waals surface area contributed by atoms with Gasteiger partial charge in [0.1, 0.15) is 0 Å². The van der Waals surface area contributed by atoms with E-state index in [1.54, 1.807) is 11.8 Å². The van der Waals surface area contributed by atoms with Crippen molar-refractivity contribution in [2.75, 3.05) is 6.54 Å². The van der Waals surface area contributed by atoms with Gasteiger partial charge in [0.2, 0.25) is 0 Å². The van der Waals surface area contributed by atoms with E-state index in [9.17, 15) is 4.79 Å². The Morgan fingerprint density at radius 2 is 1.72 bits per heavy atom. The van der Waals surface area contributed by atoms with Crippen LogP contribution in [0.2, 0.25) is 0 Å². The highest BCUT2D eigenvalue weighted by Crippen LogP contribution is 2.24. The first-order valence-electron chi connectivity index (χ1n) is 6.46. The Morgan fingerprint density at radius 3 is 2.11 bits per heavy atom. The fourth-order valence-electron chi connectivity index (χ4n) is 1.87. The van der Waals surface area contributed by atoms with Gasteiger partial charge in [0.05, 0.1) is 0 Å². The van der Waals surface area contributed by atoms with Gasteiger partial charge < -0.3 is 5.73 Å². The predicted molar refractivity (Wildman–Crippen MR) is 79.1 cm³/mol. The Bertz CT molecular complexity index is 384. The van der Waals surface area contributed by atoms with E-state index in [1.807, 2.05) is 38.1 Å². The highest BCUT2D eigenvalue weighted by Gasteiger charge is 2.21. The molecule has 1 unspecified atom stereocenters. The van der Waals surface area contributed by atoms with Crippen LogP contribution in [-0.2, 0) is 0 Å². The summed E-state index contributed by atoms with van der Waals surface area (Å²) in [6, 6.07) is 7.87. The first-order valence-corrected chi connectivity index (χ1v) is 7.34. The Labute approximate surface area is 114 Å². The number of carbonyl (C=O) groups is 1. The third-order valence-electron chi connectivity index (χ3n) is 2.91. The number of Topliss-reactive ketones (excluding diaryl/α,β-unsaturated/α-hetero) is 1. The molecular formula is C15H23NOS. The molecule has 2 nitrogen and oxygen atoms in total. The van der Waals surface area contributed by atoms with Crippen LogP contribution in [0.5, 0.6) is 0 Å². The van der Waals surface area contributed by atoms with Crippen molar-refractivity contribution in [1.82, 2.24) is 0 Å². The van der Waals surface area contributed by atoms with Gasteiger partial charge in [0, 0.05) is 28.2 Å². The van der Waals surface area contributed by atoms with Crippen molar-refractivity contribution in [3.05, 3.63) is 29.8 Å². The second-order valence-corrected chi connectivity index (χ2v) is 6.79. The topological polar surface area (TPSA) is 43.1 Å². The molecule has 0 saturated heterocycles. The summed E-state index contributed by atoms with van der Waals surface area (Å²) in [6.45, 7) is 8.82. The van der Waals surface area contributed by atoms with Crippen molar-refractivity contribution >= 4 is 17.5 Å². The summed E-state index contributed by atoms with van der Waals surface area (Å²) in [4.78, 5) is 13.5. The number of thioether (sulfide) groups is 1. The van der Waals surface area contributed by atoms with Gasteiger partial charge in [-0.3, -0.25) is 4.79 Å². The molecule has 18 heavy (non-hydrogen) atoms. The molecule has 1 atom stereocenters. The molecule has 0 fully saturated rings. The van der Waals surface area contributed by atoms with E-state index in [1.165, 1.54) is 4.90 Å². The number of nitrogens with two attached hydrogens (primary N) is 1. The molecule has 0 aliphatic carbocycles. The third-order valence-corrected chi connectivity index (χ3v) is 3.92. The molecule has 1 rings (SSSR count). The Hall–Kier alpha value is -0.800. The zero-order valence-corrected chi connectivity index (χ0v) is 12.5. The van der Waals surface area contributed by atoms with E-state index in [0.29, 0.717) is 11.8 Å². The summed E-state index contributed by atoms with van der Waals surface area (Å²) < 4.78 is 0. The molecule has 0 heterocycles. The van der Waals surface area contributed by atoms with E-state index < -0.39 is 0 Å². The molecule has 1 aromatic carbocycles. The van der Waals surface area contributed by atoms with E-state index in [0.717, 1.165) is 5.56 Å². The number of hydrogen-bond acceptors (Lipinski definition) is 3. The second kappa shape index (κ2) is 6.95. The molecule has 0 saturated carbocycles. The van der Waals surface area contributed by atoms with Crippen LogP contribution < -0.4 is 5.73 Å². The molecule has 3 heteroatoms. The summed E-state index contributed by atoms with van der Waals surface area (Å²) in [5.74, 6) is 0.370. The van der Waals surface area contributed by atoms with Crippen LogP contribution >= 0.6 is 11.8 Å². The van der Waals surface area contributed by atoms with Crippen molar-refractivity contribution in [1.29, 1.82) is 0 Å². The molecular weight excluding hydrogens is 242 g/mol. The number of benzene rings is 1. The molecule has 0 aliphatic heterocycles. The lowest BCUT2D eigenvalue weighted by Crippen LogP contribution is -2.28. The first kappa shape index (κ1) is 15.3. The molecule has 0 radical (unpaired) electrons. The fourth-order valence-corrected chi connectivity index (χ4v) is 2.70. The highest BCUT2D eigenvalue weighted by molar-refractivity contribution is 7.99. The summed E-state index contributed by atoms with van der Waals surface area (Å²) in [7, 11) is 0. The molecule has 0 spiro atoms. The minimum atomic E-state index is -0.0754. The van der Waals surface area contributed by atoms with Crippen LogP contribution in [0, 0.1) is 11.8 Å². The lowest BCUT2D eigenvalue weighted by molar-refractivity contribution is 0.0892. The molecule has 1 aromatic rings. The van der Waals surface area contributed by atoms with Crippen molar-refractivity contribution in [2.24, 2.45) is 17.6 Å². The van der Waals surface area contributed by atoms with Crippen molar-refractivity contribution in [2.45, 2.75) is 37.8 Å². The van der Waals surface area contributed by atoms with Crippen molar-refractivity contribution in [3.8, 4) is 0 Å². The standard InChI is InChI=1S/C15H23NOS/c1-10(2)14(9-16)15(17)12-5-7-13(8-6-12)18-11(3)4/h5-8,10-11,14H,9,16H2,1-4H3. The van der Waals surface area contributed by atoms with E-state index in [4.69, 9.17) is 5.73 Å². The lowest BCUT2D eigenvalue weighted by Gasteiger charge is -2.17. The summed E-state index contributed by atoms with van der Waals surface area (Å²) in [6.07, 6.45) is 0. The Balaban J connectivity index is 2.81. The van der Waals surface area contributed by atoms with Gasteiger partial charge in [-0.1, -0.05) is 39.8 Å². The van der Waals surface area contributed by atoms with Crippen molar-refractivity contribution in [3.63, 3.8) is 0 Å². The van der Waals surface area contributed by atoms with Crippen LogP contribution in [0.15, 0.2) is 29.2 Å². The predicted octanol–water partition coefficient (Wildman–Crippen LogP) is 3.60. The maximum atomic E-state index is 12.3. The molecule has 0 amide bonds. The smallest absolute Gasteiger partial charge is 0.167 e. The molecule has 100 valence electrons. The van der Waals surface area contributed by atoms with Crippen LogP contribution in [0.25, 0.3) is 0 Å². The van der Waals surface area contributed by atoms with Gasteiger partial charge in [-0.05, 0) is 18.1 Å². The van der Waals surface area contributed by atoms with Crippen LogP contribution in [0.3, 0.4) is 0 Å². The number of carbonyl (C=O) groups excluding carboxylic acids is 1. The van der Waals surface area contributed by atoms with E-state index >= 15 is 0 Å². The van der Waals surface area contributed by atoms with Crippen LogP contribution in [0.1, 0.15) is 38.1 Å². The summed E-state index contributed by atoms with van der Waals surface area (Å²) in [5.41, 5.74) is 6.45. The van der Waals surface area contributed by atoms with Gasteiger partial charge in [0.15, 0.2) is 5.78 Å². The highest BCUT2D eigenvalue weighted by atomic mass is 32.2. The quantitative estimate of drug-likeness (QED) is 0.631. The average Bonchev–Trinajstić information content (AvgIpc) is 2.29. The molecule has 0 aromatic heterocycles. The van der Waals surface area contributed by atoms with Gasteiger partial charge in [0.25, 0.3) is 0 Å². The SMILES string of the molecule is CC(C)Sc1ccc(C(=O)C(CN)C(C)C)cc1. The number of hydrogen-bond donors (Lipinski definition) is 1. The molecule has 2 N–H and O–H groups in total. The maximum Gasteiger partial charge on any atom is 0.167 e.